The normalized spacial score (nSPS) is 10.7. The van der Waals surface area contributed by atoms with Crippen LogP contribution in [0.4, 0.5) is 11.5 Å². The van der Waals surface area contributed by atoms with E-state index in [0.29, 0.717) is 17.3 Å². The van der Waals surface area contributed by atoms with Crippen LogP contribution in [0.15, 0.2) is 60.7 Å². The van der Waals surface area contributed by atoms with E-state index in [1.54, 1.807) is 23.8 Å². The van der Waals surface area contributed by atoms with Gasteiger partial charge in [-0.15, -0.1) is 15.3 Å². The number of nitrogens with zero attached hydrogens (tertiary/aromatic N) is 4. The molecule has 0 bridgehead atoms. The van der Waals surface area contributed by atoms with Gasteiger partial charge in [-0.3, -0.25) is 4.79 Å². The average molecular weight is 388 g/mol. The summed E-state index contributed by atoms with van der Waals surface area (Å²) in [6.07, 6.45) is 0. The van der Waals surface area contributed by atoms with E-state index < -0.39 is 0 Å². The van der Waals surface area contributed by atoms with Crippen LogP contribution in [0.25, 0.3) is 16.8 Å². The van der Waals surface area contributed by atoms with Gasteiger partial charge in [0, 0.05) is 5.69 Å². The molecule has 4 aromatic rings. The fourth-order valence-electron chi connectivity index (χ4n) is 2.95. The van der Waals surface area contributed by atoms with Gasteiger partial charge in [-0.1, -0.05) is 24.3 Å². The molecule has 1 amide bonds. The number of anilines is 2. The zero-order chi connectivity index (χ0) is 20.2. The highest BCUT2D eigenvalue weighted by atomic mass is 16.5. The molecule has 0 aliphatic heterocycles. The van der Waals surface area contributed by atoms with E-state index in [4.69, 9.17) is 4.74 Å². The van der Waals surface area contributed by atoms with Crippen LogP contribution in [0.5, 0.6) is 5.75 Å². The van der Waals surface area contributed by atoms with Gasteiger partial charge < -0.3 is 15.4 Å². The molecule has 2 heterocycles. The molecule has 8 nitrogen and oxygen atoms in total. The lowest BCUT2D eigenvalue weighted by molar-refractivity contribution is -0.114. The number of ether oxygens (including phenoxy) is 1. The number of aryl methyl sites for hydroxylation is 1. The van der Waals surface area contributed by atoms with Crippen molar-refractivity contribution in [2.45, 2.75) is 6.92 Å². The predicted octanol–water partition coefficient (Wildman–Crippen LogP) is 3.16. The second-order valence-electron chi connectivity index (χ2n) is 6.45. The van der Waals surface area contributed by atoms with Crippen molar-refractivity contribution >= 4 is 23.1 Å². The van der Waals surface area contributed by atoms with Crippen LogP contribution in [0.1, 0.15) is 5.82 Å². The summed E-state index contributed by atoms with van der Waals surface area (Å²) >= 11 is 0. The molecule has 0 unspecified atom stereocenters. The number of benzene rings is 2. The topological polar surface area (TPSA) is 93.4 Å². The summed E-state index contributed by atoms with van der Waals surface area (Å²) in [6, 6.07) is 19.0. The Bertz CT molecular complexity index is 1170. The summed E-state index contributed by atoms with van der Waals surface area (Å²) in [5, 5.41) is 18.3. The van der Waals surface area contributed by atoms with Crippen molar-refractivity contribution in [1.82, 2.24) is 19.8 Å². The monoisotopic (exact) mass is 388 g/mol. The second-order valence-corrected chi connectivity index (χ2v) is 6.45. The van der Waals surface area contributed by atoms with Gasteiger partial charge in [-0.25, -0.2) is 0 Å². The molecular formula is C21H20N6O2. The zero-order valence-electron chi connectivity index (χ0n) is 16.1. The number of hydrogen-bond donors (Lipinski definition) is 2. The van der Waals surface area contributed by atoms with Crippen molar-refractivity contribution in [3.63, 3.8) is 0 Å². The molecule has 0 fully saturated rings. The Morgan fingerprint density at radius 2 is 1.83 bits per heavy atom. The number of fused-ring (bicyclic) bond motifs is 1. The quantitative estimate of drug-likeness (QED) is 0.527. The Hall–Kier alpha value is -3.94. The number of carbonyl (C=O) groups is 1. The Balaban J connectivity index is 1.42. The second kappa shape index (κ2) is 7.97. The van der Waals surface area contributed by atoms with Gasteiger partial charge in [0.2, 0.25) is 5.91 Å². The number of methoxy groups -OCH3 is 1. The van der Waals surface area contributed by atoms with Crippen LogP contribution in [-0.2, 0) is 4.79 Å². The lowest BCUT2D eigenvalue weighted by atomic mass is 10.0. The van der Waals surface area contributed by atoms with Gasteiger partial charge in [0.05, 0.1) is 13.7 Å². The molecule has 2 N–H and O–H groups in total. The molecule has 0 radical (unpaired) electrons. The highest BCUT2D eigenvalue weighted by molar-refractivity contribution is 5.94. The Kier molecular flexibility index (Phi) is 5.07. The maximum absolute atomic E-state index is 12.4. The highest BCUT2D eigenvalue weighted by Crippen LogP contribution is 2.26. The third kappa shape index (κ3) is 4.16. The molecule has 0 aliphatic carbocycles. The lowest BCUT2D eigenvalue weighted by Gasteiger charge is -2.10. The maximum Gasteiger partial charge on any atom is 0.243 e. The number of hydrogen-bond acceptors (Lipinski definition) is 6. The van der Waals surface area contributed by atoms with E-state index in [0.717, 1.165) is 22.6 Å². The van der Waals surface area contributed by atoms with Crippen LogP contribution in [0.2, 0.25) is 0 Å². The SMILES string of the molecule is COc1cccc(-c2cccc(NC(=O)CNc3ccc4nnc(C)n4n3)c2)c1. The van der Waals surface area contributed by atoms with Gasteiger partial charge >= 0.3 is 0 Å². The minimum atomic E-state index is -0.171. The van der Waals surface area contributed by atoms with Crippen LogP contribution in [-0.4, -0.2) is 39.4 Å². The molecule has 29 heavy (non-hydrogen) atoms. The summed E-state index contributed by atoms with van der Waals surface area (Å²) in [7, 11) is 1.64. The molecule has 0 saturated carbocycles. The molecule has 4 rings (SSSR count). The van der Waals surface area contributed by atoms with Crippen LogP contribution in [0.3, 0.4) is 0 Å². The van der Waals surface area contributed by atoms with Crippen molar-refractivity contribution in [2.75, 3.05) is 24.3 Å². The van der Waals surface area contributed by atoms with E-state index in [1.807, 2.05) is 55.5 Å². The van der Waals surface area contributed by atoms with Gasteiger partial charge in [-0.2, -0.15) is 4.52 Å². The summed E-state index contributed by atoms with van der Waals surface area (Å²) in [5.74, 6) is 1.87. The predicted molar refractivity (Wildman–Crippen MR) is 111 cm³/mol. The van der Waals surface area contributed by atoms with Gasteiger partial charge in [-0.05, 0) is 54.4 Å². The fraction of sp³-hybridized carbons (Fsp3) is 0.143. The van der Waals surface area contributed by atoms with Crippen molar-refractivity contribution in [3.05, 3.63) is 66.5 Å². The number of nitrogens with one attached hydrogen (secondary N) is 2. The highest BCUT2D eigenvalue weighted by Gasteiger charge is 2.07. The van der Waals surface area contributed by atoms with Crippen molar-refractivity contribution < 1.29 is 9.53 Å². The van der Waals surface area contributed by atoms with Crippen LogP contribution >= 0.6 is 0 Å². The maximum atomic E-state index is 12.4. The molecular weight excluding hydrogens is 368 g/mol. The summed E-state index contributed by atoms with van der Waals surface area (Å²) in [4.78, 5) is 12.4. The minimum Gasteiger partial charge on any atom is -0.497 e. The summed E-state index contributed by atoms with van der Waals surface area (Å²) in [5.41, 5.74) is 3.38. The molecule has 2 aromatic heterocycles. The zero-order valence-corrected chi connectivity index (χ0v) is 16.1. The first-order valence-electron chi connectivity index (χ1n) is 9.10. The molecule has 8 heteroatoms. The van der Waals surface area contributed by atoms with Gasteiger partial charge in [0.1, 0.15) is 11.6 Å². The number of aromatic nitrogens is 4. The van der Waals surface area contributed by atoms with Crippen LogP contribution < -0.4 is 15.4 Å². The minimum absolute atomic E-state index is 0.0864. The Labute approximate surface area is 167 Å². The van der Waals surface area contributed by atoms with E-state index in [-0.39, 0.29) is 12.5 Å². The van der Waals surface area contributed by atoms with E-state index in [9.17, 15) is 4.79 Å². The summed E-state index contributed by atoms with van der Waals surface area (Å²) < 4.78 is 6.90. The smallest absolute Gasteiger partial charge is 0.243 e. The molecule has 146 valence electrons. The van der Waals surface area contributed by atoms with Crippen molar-refractivity contribution in [3.8, 4) is 16.9 Å². The van der Waals surface area contributed by atoms with E-state index in [2.05, 4.69) is 25.9 Å². The largest absolute Gasteiger partial charge is 0.497 e. The van der Waals surface area contributed by atoms with Crippen LogP contribution in [0, 0.1) is 6.92 Å². The van der Waals surface area contributed by atoms with Crippen molar-refractivity contribution in [1.29, 1.82) is 0 Å². The third-order valence-corrected chi connectivity index (χ3v) is 4.40. The third-order valence-electron chi connectivity index (χ3n) is 4.40. The Morgan fingerprint density at radius 3 is 2.66 bits per heavy atom. The molecule has 0 saturated heterocycles. The van der Waals surface area contributed by atoms with E-state index >= 15 is 0 Å². The van der Waals surface area contributed by atoms with Crippen molar-refractivity contribution in [2.24, 2.45) is 0 Å². The summed E-state index contributed by atoms with van der Waals surface area (Å²) in [6.45, 7) is 1.90. The molecule has 2 aromatic carbocycles. The van der Waals surface area contributed by atoms with Gasteiger partial charge in [0.25, 0.3) is 0 Å². The lowest BCUT2D eigenvalue weighted by Crippen LogP contribution is -2.22. The van der Waals surface area contributed by atoms with E-state index in [1.165, 1.54) is 0 Å². The first kappa shape index (κ1) is 18.4. The molecule has 0 spiro atoms. The number of rotatable bonds is 6. The molecule has 0 aliphatic rings. The van der Waals surface area contributed by atoms with Gasteiger partial charge in [0.15, 0.2) is 11.5 Å². The average Bonchev–Trinajstić information content (AvgIpc) is 3.13. The first-order chi connectivity index (χ1) is 14.1. The first-order valence-corrected chi connectivity index (χ1v) is 9.10. The fourth-order valence-corrected chi connectivity index (χ4v) is 2.95. The standard InChI is InChI=1S/C21H20N6O2/c1-14-24-25-20-10-9-19(26-27(14)20)22-13-21(28)23-17-7-3-5-15(11-17)16-6-4-8-18(12-16)29-2/h3-12H,13H2,1-2H3,(H,22,26)(H,23,28). The number of carbonyl (C=O) groups excluding carboxylic acids is 1. The Morgan fingerprint density at radius 1 is 1.03 bits per heavy atom. The number of amides is 1. The molecule has 0 atom stereocenters.